The molecule has 0 spiro atoms. The molecule has 0 radical (unpaired) electrons. The molecule has 1 saturated heterocycles. The Kier molecular flexibility index (Phi) is 10.7. The minimum atomic E-state index is -4.55. The fourth-order valence-electron chi connectivity index (χ4n) is 4.08. The summed E-state index contributed by atoms with van der Waals surface area (Å²) in [6.45, 7) is 13.0. The SMILES string of the molecule is CCCCCC[C@H](C)Oc1ccc(CCC2(NC(=O)OC(C)(C)C)COC(C)(C)OC2)cc1C(F)(F)F. The lowest BCUT2D eigenvalue weighted by molar-refractivity contribution is -0.271. The molecular weight excluding hydrogens is 487 g/mol. The van der Waals surface area contributed by atoms with Crippen molar-refractivity contribution in [3.63, 3.8) is 0 Å². The van der Waals surface area contributed by atoms with Crippen molar-refractivity contribution < 1.29 is 36.9 Å². The fourth-order valence-corrected chi connectivity index (χ4v) is 4.08. The van der Waals surface area contributed by atoms with Crippen LogP contribution in [0.4, 0.5) is 18.0 Å². The molecule has 1 aliphatic rings. The molecule has 1 aromatic rings. The number of aryl methyl sites for hydroxylation is 1. The Labute approximate surface area is 219 Å². The Hall–Kier alpha value is -2.00. The fraction of sp³-hybridized carbons (Fsp3) is 0.750. The van der Waals surface area contributed by atoms with Crippen LogP contribution in [0.1, 0.15) is 98.1 Å². The van der Waals surface area contributed by atoms with Gasteiger partial charge in [-0.3, -0.25) is 0 Å². The average Bonchev–Trinajstić information content (AvgIpc) is 2.76. The normalized spacial score (nSPS) is 18.2. The van der Waals surface area contributed by atoms with Crippen LogP contribution in [0.5, 0.6) is 5.75 Å². The smallest absolute Gasteiger partial charge is 0.419 e. The lowest BCUT2D eigenvalue weighted by Gasteiger charge is -2.44. The quantitative estimate of drug-likeness (QED) is 0.301. The van der Waals surface area contributed by atoms with E-state index < -0.39 is 34.8 Å². The number of unbranched alkanes of at least 4 members (excludes halogenated alkanes) is 3. The number of carbonyl (C=O) groups excluding carboxylic acids is 1. The van der Waals surface area contributed by atoms with Crippen molar-refractivity contribution in [3.8, 4) is 5.75 Å². The number of rotatable bonds is 11. The highest BCUT2D eigenvalue weighted by molar-refractivity contribution is 5.69. The lowest BCUT2D eigenvalue weighted by Crippen LogP contribution is -2.61. The van der Waals surface area contributed by atoms with Crippen LogP contribution in [-0.2, 0) is 26.8 Å². The minimum Gasteiger partial charge on any atom is -0.490 e. The zero-order chi connectivity index (χ0) is 27.9. The average molecular weight is 532 g/mol. The number of hydrogen-bond acceptors (Lipinski definition) is 5. The lowest BCUT2D eigenvalue weighted by atomic mass is 9.91. The Morgan fingerprint density at radius 3 is 2.32 bits per heavy atom. The molecule has 6 nitrogen and oxygen atoms in total. The summed E-state index contributed by atoms with van der Waals surface area (Å²) in [7, 11) is 0. The van der Waals surface area contributed by atoms with E-state index in [-0.39, 0.29) is 31.5 Å². The number of ether oxygens (including phenoxy) is 4. The standard InChI is InChI=1S/C28H44F3NO5/c1-8-9-10-11-12-20(2)36-23-14-13-21(17-22(23)28(29,30)31)15-16-27(18-34-26(6,7)35-19-27)32-24(33)37-25(3,4)5/h13-14,17,20H,8-12,15-16,18-19H2,1-7H3,(H,32,33)/t20-/m0/s1. The topological polar surface area (TPSA) is 66.0 Å². The highest BCUT2D eigenvalue weighted by Gasteiger charge is 2.42. The molecule has 0 unspecified atom stereocenters. The second kappa shape index (κ2) is 12.7. The molecule has 0 aromatic heterocycles. The summed E-state index contributed by atoms with van der Waals surface area (Å²) in [6, 6.07) is 4.17. The summed E-state index contributed by atoms with van der Waals surface area (Å²) in [5.74, 6) is -0.985. The largest absolute Gasteiger partial charge is 0.490 e. The van der Waals surface area contributed by atoms with Gasteiger partial charge < -0.3 is 24.3 Å². The number of benzene rings is 1. The summed E-state index contributed by atoms with van der Waals surface area (Å²) in [5, 5.41) is 2.85. The van der Waals surface area contributed by atoms with Crippen LogP contribution in [0.3, 0.4) is 0 Å². The number of hydrogen-bond donors (Lipinski definition) is 1. The van der Waals surface area contributed by atoms with E-state index in [1.807, 2.05) is 0 Å². The number of halogens is 3. The van der Waals surface area contributed by atoms with Gasteiger partial charge in [-0.1, -0.05) is 32.3 Å². The number of alkyl carbamates (subject to hydrolysis) is 1. The summed E-state index contributed by atoms with van der Waals surface area (Å²) < 4.78 is 64.5. The van der Waals surface area contributed by atoms with Crippen molar-refractivity contribution in [2.75, 3.05) is 13.2 Å². The van der Waals surface area contributed by atoms with Gasteiger partial charge in [-0.05, 0) is 84.9 Å². The van der Waals surface area contributed by atoms with E-state index in [1.165, 1.54) is 6.07 Å². The van der Waals surface area contributed by atoms with Crippen molar-refractivity contribution in [1.82, 2.24) is 5.32 Å². The van der Waals surface area contributed by atoms with Gasteiger partial charge in [-0.25, -0.2) is 4.79 Å². The van der Waals surface area contributed by atoms with Crippen LogP contribution in [0, 0.1) is 0 Å². The molecule has 1 fully saturated rings. The second-order valence-electron chi connectivity index (χ2n) is 11.5. The first-order valence-corrected chi connectivity index (χ1v) is 13.2. The van der Waals surface area contributed by atoms with Gasteiger partial charge in [0.1, 0.15) is 11.4 Å². The summed E-state index contributed by atoms with van der Waals surface area (Å²) in [4.78, 5) is 12.5. The van der Waals surface area contributed by atoms with E-state index in [4.69, 9.17) is 18.9 Å². The zero-order valence-electron chi connectivity index (χ0n) is 23.3. The van der Waals surface area contributed by atoms with Gasteiger partial charge in [-0.2, -0.15) is 13.2 Å². The third kappa shape index (κ3) is 10.7. The van der Waals surface area contributed by atoms with Gasteiger partial charge in [0.2, 0.25) is 0 Å². The predicted octanol–water partition coefficient (Wildman–Crippen LogP) is 7.42. The van der Waals surface area contributed by atoms with E-state index in [0.29, 0.717) is 18.4 Å². The van der Waals surface area contributed by atoms with E-state index in [9.17, 15) is 18.0 Å². The molecule has 212 valence electrons. The summed E-state index contributed by atoms with van der Waals surface area (Å²) in [6.07, 6.45) is -0.0769. The van der Waals surface area contributed by atoms with Crippen LogP contribution in [0.15, 0.2) is 18.2 Å². The van der Waals surface area contributed by atoms with E-state index in [0.717, 1.165) is 31.7 Å². The highest BCUT2D eigenvalue weighted by atomic mass is 19.4. The van der Waals surface area contributed by atoms with Crippen molar-refractivity contribution in [2.24, 2.45) is 0 Å². The molecule has 1 atom stereocenters. The first-order chi connectivity index (χ1) is 17.0. The summed E-state index contributed by atoms with van der Waals surface area (Å²) >= 11 is 0. The van der Waals surface area contributed by atoms with Crippen LogP contribution < -0.4 is 10.1 Å². The first-order valence-electron chi connectivity index (χ1n) is 13.2. The van der Waals surface area contributed by atoms with Crippen LogP contribution in [0.2, 0.25) is 0 Å². The van der Waals surface area contributed by atoms with Crippen molar-refractivity contribution >= 4 is 6.09 Å². The minimum absolute atomic E-state index is 0.141. The molecule has 2 rings (SSSR count). The van der Waals surface area contributed by atoms with Crippen LogP contribution in [0.25, 0.3) is 0 Å². The molecule has 0 saturated carbocycles. The Morgan fingerprint density at radius 1 is 1.11 bits per heavy atom. The van der Waals surface area contributed by atoms with Gasteiger partial charge in [0.05, 0.1) is 30.4 Å². The van der Waals surface area contributed by atoms with Crippen LogP contribution >= 0.6 is 0 Å². The number of alkyl halides is 3. The maximum absolute atomic E-state index is 13.9. The highest BCUT2D eigenvalue weighted by Crippen LogP contribution is 2.38. The maximum Gasteiger partial charge on any atom is 0.419 e. The molecule has 1 aromatic carbocycles. The summed E-state index contributed by atoms with van der Waals surface area (Å²) in [5.41, 5.74) is -1.97. The third-order valence-corrected chi connectivity index (χ3v) is 6.19. The van der Waals surface area contributed by atoms with E-state index in [2.05, 4.69) is 12.2 Å². The number of amides is 1. The van der Waals surface area contributed by atoms with Gasteiger partial charge in [0, 0.05) is 0 Å². The van der Waals surface area contributed by atoms with Gasteiger partial charge in [-0.15, -0.1) is 0 Å². The van der Waals surface area contributed by atoms with Crippen molar-refractivity contribution in [3.05, 3.63) is 29.3 Å². The Bertz CT molecular complexity index is 870. The zero-order valence-corrected chi connectivity index (χ0v) is 23.3. The second-order valence-corrected chi connectivity index (χ2v) is 11.5. The molecule has 37 heavy (non-hydrogen) atoms. The molecule has 9 heteroatoms. The predicted molar refractivity (Wildman–Crippen MR) is 137 cm³/mol. The van der Waals surface area contributed by atoms with Crippen LogP contribution in [-0.4, -0.2) is 42.3 Å². The van der Waals surface area contributed by atoms with Crippen molar-refractivity contribution in [2.45, 2.75) is 123 Å². The van der Waals surface area contributed by atoms with Gasteiger partial charge in [0.15, 0.2) is 5.79 Å². The number of nitrogens with one attached hydrogen (secondary N) is 1. The number of carbonyl (C=O) groups is 1. The van der Waals surface area contributed by atoms with E-state index in [1.54, 1.807) is 47.6 Å². The molecule has 1 heterocycles. The molecule has 1 amide bonds. The van der Waals surface area contributed by atoms with Gasteiger partial charge >= 0.3 is 12.3 Å². The first kappa shape index (κ1) is 31.2. The van der Waals surface area contributed by atoms with Gasteiger partial charge in [0.25, 0.3) is 0 Å². The molecule has 0 aliphatic carbocycles. The monoisotopic (exact) mass is 531 g/mol. The Morgan fingerprint density at radius 2 is 1.76 bits per heavy atom. The van der Waals surface area contributed by atoms with E-state index >= 15 is 0 Å². The molecule has 1 aliphatic heterocycles. The molecule has 1 N–H and O–H groups in total. The van der Waals surface area contributed by atoms with Crippen molar-refractivity contribution in [1.29, 1.82) is 0 Å². The molecule has 0 bridgehead atoms. The maximum atomic E-state index is 13.9. The Balaban J connectivity index is 2.16. The third-order valence-electron chi connectivity index (χ3n) is 6.19. The molecular formula is C28H44F3NO5.